The summed E-state index contributed by atoms with van der Waals surface area (Å²) in [6, 6.07) is 7.20. The number of rotatable bonds is 4. The smallest absolute Gasteiger partial charge is 0.428 e. The Hall–Kier alpha value is -2.39. The van der Waals surface area contributed by atoms with Gasteiger partial charge in [0.25, 0.3) is 11.8 Å². The summed E-state index contributed by atoms with van der Waals surface area (Å²) in [5.74, 6) is -1.09. The van der Waals surface area contributed by atoms with Gasteiger partial charge in [0.15, 0.2) is 0 Å². The van der Waals surface area contributed by atoms with Crippen LogP contribution in [0, 0.1) is 0 Å². The molecule has 0 radical (unpaired) electrons. The van der Waals surface area contributed by atoms with Gasteiger partial charge in [0.1, 0.15) is 6.61 Å². The Kier molecular flexibility index (Phi) is 5.12. The molecule has 2 aliphatic heterocycles. The van der Waals surface area contributed by atoms with E-state index in [1.54, 1.807) is 12.1 Å². The number of carbonyl (C=O) groups excluding carboxylic acids is 3. The third-order valence-corrected chi connectivity index (χ3v) is 3.61. The molecule has 9 heteroatoms. The maximum absolute atomic E-state index is 11.5. The first kappa shape index (κ1) is 16.5. The predicted molar refractivity (Wildman–Crippen MR) is 80.7 cm³/mol. The Balaban J connectivity index is 1.48. The van der Waals surface area contributed by atoms with Gasteiger partial charge in [-0.1, -0.05) is 29.3 Å². The number of nitrogens with zero attached hydrogens (tertiary/aromatic N) is 1. The summed E-state index contributed by atoms with van der Waals surface area (Å²) in [4.78, 5) is 38.8. The molecule has 0 aliphatic carbocycles. The van der Waals surface area contributed by atoms with E-state index in [9.17, 15) is 14.4 Å². The molecule has 126 valence electrons. The van der Waals surface area contributed by atoms with Gasteiger partial charge >= 0.3 is 13.3 Å². The van der Waals surface area contributed by atoms with E-state index < -0.39 is 18.0 Å². The molecule has 0 atom stereocenters. The zero-order valence-electron chi connectivity index (χ0n) is 12.9. The average molecular weight is 333 g/mol. The standard InChI is InChI=1S/C15H16BNO7/c18-13-6-7-14(19)17(13)24-15(20)21-10-11-2-4-12(5-3-11)16-22-8-1-9-23-16/h2-5H,1,6-10H2. The van der Waals surface area contributed by atoms with Gasteiger partial charge in [-0.2, -0.15) is 0 Å². The first-order valence-electron chi connectivity index (χ1n) is 7.66. The molecule has 0 unspecified atom stereocenters. The lowest BCUT2D eigenvalue weighted by atomic mass is 9.78. The fourth-order valence-electron chi connectivity index (χ4n) is 2.35. The van der Waals surface area contributed by atoms with Gasteiger partial charge in [0.05, 0.1) is 0 Å². The van der Waals surface area contributed by atoms with Gasteiger partial charge in [0, 0.05) is 26.1 Å². The van der Waals surface area contributed by atoms with Crippen molar-refractivity contribution < 1.29 is 33.3 Å². The van der Waals surface area contributed by atoms with Crippen LogP contribution in [0.2, 0.25) is 0 Å². The van der Waals surface area contributed by atoms with Gasteiger partial charge < -0.3 is 14.0 Å². The number of hydroxylamine groups is 2. The van der Waals surface area contributed by atoms with E-state index in [1.807, 2.05) is 12.1 Å². The SMILES string of the molecule is O=C(OCc1ccc(B2OCCCO2)cc1)ON1C(=O)CCC1=O. The molecular formula is C15H16BNO7. The summed E-state index contributed by atoms with van der Waals surface area (Å²) < 4.78 is 15.9. The van der Waals surface area contributed by atoms with E-state index >= 15 is 0 Å². The Labute approximate surface area is 138 Å². The largest absolute Gasteiger partial charge is 0.534 e. The average Bonchev–Trinajstić information content (AvgIpc) is 2.93. The van der Waals surface area contributed by atoms with Gasteiger partial charge in [-0.15, -0.1) is 0 Å². The number of hydrogen-bond acceptors (Lipinski definition) is 7. The number of ether oxygens (including phenoxy) is 1. The predicted octanol–water partition coefficient (Wildman–Crippen LogP) is 0.536. The molecule has 1 aromatic carbocycles. The number of benzene rings is 1. The van der Waals surface area contributed by atoms with Crippen LogP contribution in [0.3, 0.4) is 0 Å². The first-order chi connectivity index (χ1) is 11.6. The Morgan fingerprint density at radius 1 is 1.08 bits per heavy atom. The first-order valence-corrected chi connectivity index (χ1v) is 7.66. The second-order valence-corrected chi connectivity index (χ2v) is 5.38. The van der Waals surface area contributed by atoms with Crippen molar-refractivity contribution in [1.29, 1.82) is 0 Å². The number of imide groups is 1. The maximum atomic E-state index is 11.5. The second kappa shape index (κ2) is 7.46. The summed E-state index contributed by atoms with van der Waals surface area (Å²) in [6.07, 6.45) is -0.133. The lowest BCUT2D eigenvalue weighted by Gasteiger charge is -2.20. The highest BCUT2D eigenvalue weighted by Crippen LogP contribution is 2.13. The summed E-state index contributed by atoms with van der Waals surface area (Å²) in [5.41, 5.74) is 1.61. The minimum absolute atomic E-state index is 0.0400. The highest BCUT2D eigenvalue weighted by molar-refractivity contribution is 6.61. The Morgan fingerprint density at radius 2 is 1.71 bits per heavy atom. The summed E-state index contributed by atoms with van der Waals surface area (Å²) in [6.45, 7) is 1.28. The normalized spacial score (nSPS) is 18.0. The number of amides is 2. The number of hydrogen-bond donors (Lipinski definition) is 0. The molecule has 24 heavy (non-hydrogen) atoms. The molecular weight excluding hydrogens is 317 g/mol. The zero-order valence-corrected chi connectivity index (χ0v) is 12.9. The van der Waals surface area contributed by atoms with Gasteiger partial charge in [-0.05, 0) is 17.4 Å². The highest BCUT2D eigenvalue weighted by Gasteiger charge is 2.33. The summed E-state index contributed by atoms with van der Waals surface area (Å²) in [7, 11) is -0.370. The van der Waals surface area contributed by atoms with E-state index in [1.165, 1.54) is 0 Å². The van der Waals surface area contributed by atoms with Crippen molar-refractivity contribution in [2.75, 3.05) is 13.2 Å². The van der Waals surface area contributed by atoms with E-state index in [0.717, 1.165) is 17.4 Å². The molecule has 0 saturated carbocycles. The molecule has 0 N–H and O–H groups in total. The highest BCUT2D eigenvalue weighted by atomic mass is 16.8. The molecule has 2 heterocycles. The van der Waals surface area contributed by atoms with E-state index in [0.29, 0.717) is 18.3 Å². The third-order valence-electron chi connectivity index (χ3n) is 3.61. The fourth-order valence-corrected chi connectivity index (χ4v) is 2.35. The molecule has 1 aromatic rings. The molecule has 2 saturated heterocycles. The molecule has 2 fully saturated rings. The molecule has 3 rings (SSSR count). The number of carbonyl (C=O) groups is 3. The van der Waals surface area contributed by atoms with Crippen LogP contribution in [0.4, 0.5) is 4.79 Å². The topological polar surface area (TPSA) is 91.4 Å². The third kappa shape index (κ3) is 3.92. The van der Waals surface area contributed by atoms with Crippen LogP contribution < -0.4 is 5.46 Å². The molecule has 0 aromatic heterocycles. The quantitative estimate of drug-likeness (QED) is 0.451. The molecule has 2 amide bonds. The van der Waals surface area contributed by atoms with Crippen LogP contribution >= 0.6 is 0 Å². The van der Waals surface area contributed by atoms with Crippen LogP contribution in [0.15, 0.2) is 24.3 Å². The van der Waals surface area contributed by atoms with Gasteiger partial charge in [-0.25, -0.2) is 4.79 Å². The second-order valence-electron chi connectivity index (χ2n) is 5.38. The van der Waals surface area contributed by atoms with Crippen molar-refractivity contribution in [3.63, 3.8) is 0 Å². The van der Waals surface area contributed by atoms with Crippen molar-refractivity contribution in [3.05, 3.63) is 29.8 Å². The van der Waals surface area contributed by atoms with Crippen molar-refractivity contribution in [2.45, 2.75) is 25.9 Å². The summed E-state index contributed by atoms with van der Waals surface area (Å²) in [5, 5.41) is 0.448. The fraction of sp³-hybridized carbons (Fsp3) is 0.400. The van der Waals surface area contributed by atoms with Crippen molar-refractivity contribution in [3.8, 4) is 0 Å². The van der Waals surface area contributed by atoms with Crippen molar-refractivity contribution in [1.82, 2.24) is 5.06 Å². The van der Waals surface area contributed by atoms with Crippen molar-refractivity contribution >= 4 is 30.6 Å². The minimum atomic E-state index is -1.10. The molecule has 8 nitrogen and oxygen atoms in total. The van der Waals surface area contributed by atoms with Crippen LogP contribution in [-0.4, -0.2) is 43.4 Å². The van der Waals surface area contributed by atoms with Crippen LogP contribution in [0.1, 0.15) is 24.8 Å². The zero-order chi connectivity index (χ0) is 16.9. The van der Waals surface area contributed by atoms with E-state index in [4.69, 9.17) is 14.0 Å². The molecule has 0 bridgehead atoms. The van der Waals surface area contributed by atoms with E-state index in [-0.39, 0.29) is 26.6 Å². The Bertz CT molecular complexity index is 611. The maximum Gasteiger partial charge on any atom is 0.534 e. The lowest BCUT2D eigenvalue weighted by molar-refractivity contribution is -0.177. The Morgan fingerprint density at radius 3 is 2.33 bits per heavy atom. The molecule has 0 spiro atoms. The van der Waals surface area contributed by atoms with E-state index in [2.05, 4.69) is 4.84 Å². The summed E-state index contributed by atoms with van der Waals surface area (Å²) >= 11 is 0. The monoisotopic (exact) mass is 333 g/mol. The molecule has 2 aliphatic rings. The van der Waals surface area contributed by atoms with Gasteiger partial charge in [0.2, 0.25) is 0 Å². The van der Waals surface area contributed by atoms with Crippen molar-refractivity contribution in [2.24, 2.45) is 0 Å². The lowest BCUT2D eigenvalue weighted by Crippen LogP contribution is -2.40. The minimum Gasteiger partial charge on any atom is -0.428 e. The van der Waals surface area contributed by atoms with Crippen LogP contribution in [0.25, 0.3) is 0 Å². The van der Waals surface area contributed by atoms with Crippen LogP contribution in [0.5, 0.6) is 0 Å². The van der Waals surface area contributed by atoms with Crippen LogP contribution in [-0.2, 0) is 35.1 Å². The van der Waals surface area contributed by atoms with Gasteiger partial charge in [-0.3, -0.25) is 14.4 Å².